The average molecular weight is 487 g/mol. The highest BCUT2D eigenvalue weighted by molar-refractivity contribution is 7.13. The second-order valence-corrected chi connectivity index (χ2v) is 9.06. The van der Waals surface area contributed by atoms with Crippen LogP contribution in [0.1, 0.15) is 12.0 Å². The van der Waals surface area contributed by atoms with Gasteiger partial charge < -0.3 is 15.0 Å². The first kappa shape index (κ1) is 22.9. The van der Waals surface area contributed by atoms with Gasteiger partial charge in [0.15, 0.2) is 11.6 Å². The fraction of sp³-hybridized carbons (Fsp3) is 0.231. The zero-order valence-corrected chi connectivity index (χ0v) is 20.2. The molecule has 4 heterocycles. The van der Waals surface area contributed by atoms with E-state index in [9.17, 15) is 4.79 Å². The summed E-state index contributed by atoms with van der Waals surface area (Å²) in [6.45, 7) is 3.03. The van der Waals surface area contributed by atoms with Crippen molar-refractivity contribution in [3.8, 4) is 16.5 Å². The van der Waals surface area contributed by atoms with Crippen LogP contribution in [0.15, 0.2) is 72.4 Å². The number of anilines is 3. The molecule has 0 bridgehead atoms. The van der Waals surface area contributed by atoms with Gasteiger partial charge in [0, 0.05) is 44.2 Å². The molecule has 0 radical (unpaired) electrons. The quantitative estimate of drug-likeness (QED) is 0.409. The first-order chi connectivity index (χ1) is 17.2. The van der Waals surface area contributed by atoms with Gasteiger partial charge in [0.2, 0.25) is 5.91 Å². The number of hydrogen-bond acceptors (Lipinski definition) is 8. The van der Waals surface area contributed by atoms with Crippen molar-refractivity contribution in [1.82, 2.24) is 19.9 Å². The number of nitrogens with one attached hydrogen (secondary N) is 1. The van der Waals surface area contributed by atoms with Gasteiger partial charge in [0.25, 0.3) is 0 Å². The van der Waals surface area contributed by atoms with E-state index in [4.69, 9.17) is 4.74 Å². The van der Waals surface area contributed by atoms with E-state index in [-0.39, 0.29) is 5.91 Å². The van der Waals surface area contributed by atoms with Crippen LogP contribution in [0.5, 0.6) is 5.75 Å². The zero-order valence-electron chi connectivity index (χ0n) is 19.4. The van der Waals surface area contributed by atoms with Crippen molar-refractivity contribution in [3.05, 3.63) is 77.9 Å². The molecule has 0 atom stereocenters. The van der Waals surface area contributed by atoms with E-state index in [1.165, 1.54) is 16.9 Å². The Morgan fingerprint density at radius 3 is 2.66 bits per heavy atom. The molecule has 1 fully saturated rings. The van der Waals surface area contributed by atoms with E-state index in [1.807, 2.05) is 52.7 Å². The summed E-state index contributed by atoms with van der Waals surface area (Å²) >= 11 is 1.53. The van der Waals surface area contributed by atoms with Gasteiger partial charge in [-0.05, 0) is 29.8 Å². The largest absolute Gasteiger partial charge is 0.493 e. The van der Waals surface area contributed by atoms with Gasteiger partial charge in [-0.1, -0.05) is 30.3 Å². The molecule has 1 aliphatic rings. The molecule has 3 aromatic heterocycles. The lowest BCUT2D eigenvalue weighted by Crippen LogP contribution is -2.33. The van der Waals surface area contributed by atoms with Crippen molar-refractivity contribution >= 4 is 34.6 Å². The van der Waals surface area contributed by atoms with Crippen molar-refractivity contribution < 1.29 is 9.53 Å². The minimum Gasteiger partial charge on any atom is -0.493 e. The van der Waals surface area contributed by atoms with Crippen molar-refractivity contribution in [1.29, 1.82) is 0 Å². The van der Waals surface area contributed by atoms with E-state index >= 15 is 0 Å². The Morgan fingerprint density at radius 1 is 1.03 bits per heavy atom. The number of amides is 1. The second kappa shape index (κ2) is 10.6. The molecule has 1 saturated heterocycles. The van der Waals surface area contributed by atoms with Crippen LogP contribution in [0.25, 0.3) is 10.7 Å². The smallest absolute Gasteiger partial charge is 0.228 e. The minimum atomic E-state index is 0.113. The number of rotatable bonds is 7. The third kappa shape index (κ3) is 5.47. The number of benzene rings is 1. The highest BCUT2D eigenvalue weighted by atomic mass is 32.1. The molecule has 0 spiro atoms. The summed E-state index contributed by atoms with van der Waals surface area (Å²) in [5, 5.41) is 5.98. The highest BCUT2D eigenvalue weighted by Gasteiger charge is 2.22. The van der Waals surface area contributed by atoms with Gasteiger partial charge >= 0.3 is 0 Å². The maximum atomic E-state index is 12.8. The molecule has 0 unspecified atom stereocenters. The molecule has 0 aliphatic carbocycles. The predicted octanol–water partition coefficient (Wildman–Crippen LogP) is 4.59. The molecule has 4 aromatic rings. The lowest BCUT2D eigenvalue weighted by molar-refractivity contribution is -0.118. The van der Waals surface area contributed by atoms with Crippen LogP contribution in [-0.4, -0.2) is 52.5 Å². The van der Waals surface area contributed by atoms with Crippen LogP contribution in [0.3, 0.4) is 0 Å². The number of nitrogens with zero attached hydrogens (tertiary/aromatic N) is 5. The molecule has 8 nitrogen and oxygen atoms in total. The van der Waals surface area contributed by atoms with Crippen molar-refractivity contribution in [2.45, 2.75) is 13.0 Å². The molecule has 178 valence electrons. The summed E-state index contributed by atoms with van der Waals surface area (Å²) in [7, 11) is 1.60. The van der Waals surface area contributed by atoms with E-state index in [0.29, 0.717) is 30.4 Å². The number of methoxy groups -OCH3 is 1. The lowest BCUT2D eigenvalue weighted by atomic mass is 10.2. The monoisotopic (exact) mass is 486 g/mol. The van der Waals surface area contributed by atoms with Crippen LogP contribution in [0, 0.1) is 0 Å². The van der Waals surface area contributed by atoms with Crippen LogP contribution in [0.4, 0.5) is 17.3 Å². The van der Waals surface area contributed by atoms with Gasteiger partial charge in [0.1, 0.15) is 16.5 Å². The first-order valence-electron chi connectivity index (χ1n) is 11.4. The Labute approximate surface area is 208 Å². The van der Waals surface area contributed by atoms with E-state index in [2.05, 4.69) is 37.3 Å². The molecular formula is C26H26N6O2S. The Bertz CT molecular complexity index is 1270. The number of aromatic nitrogens is 3. The second-order valence-electron chi connectivity index (χ2n) is 8.17. The normalized spacial score (nSPS) is 14.5. The lowest BCUT2D eigenvalue weighted by Gasteiger charge is -2.22. The number of carbonyl (C=O) groups excluding carboxylic acids is 1. The number of hydrogen-bond donors (Lipinski definition) is 1. The predicted molar refractivity (Wildman–Crippen MR) is 138 cm³/mol. The summed E-state index contributed by atoms with van der Waals surface area (Å²) in [6.07, 6.45) is 3.96. The van der Waals surface area contributed by atoms with Crippen molar-refractivity contribution in [2.75, 3.05) is 37.0 Å². The maximum absolute atomic E-state index is 12.8. The Balaban J connectivity index is 1.27. The molecule has 1 N–H and O–H groups in total. The maximum Gasteiger partial charge on any atom is 0.228 e. The summed E-state index contributed by atoms with van der Waals surface area (Å²) < 4.78 is 5.46. The Hall–Kier alpha value is -3.82. The first-order valence-corrected chi connectivity index (χ1v) is 12.3. The number of carbonyl (C=O) groups is 1. The molecule has 35 heavy (non-hydrogen) atoms. The van der Waals surface area contributed by atoms with Crippen LogP contribution >= 0.6 is 11.3 Å². The van der Waals surface area contributed by atoms with Gasteiger partial charge in [-0.3, -0.25) is 9.69 Å². The fourth-order valence-corrected chi connectivity index (χ4v) is 4.66. The summed E-state index contributed by atoms with van der Waals surface area (Å²) in [5.41, 5.74) is 2.81. The third-order valence-electron chi connectivity index (χ3n) is 5.87. The fourth-order valence-electron chi connectivity index (χ4n) is 4.05. The molecule has 5 rings (SSSR count). The SMILES string of the molecule is COc1ccc(-c2nccs2)nc1Nc1ccc(N2CCN(Cc3ccccc3)CCC2=O)cn1. The van der Waals surface area contributed by atoms with Crippen LogP contribution < -0.4 is 15.0 Å². The number of pyridine rings is 2. The Kier molecular flexibility index (Phi) is 6.97. The molecule has 1 amide bonds. The van der Waals surface area contributed by atoms with Crippen molar-refractivity contribution in [3.63, 3.8) is 0 Å². The topological polar surface area (TPSA) is 83.5 Å². The van der Waals surface area contributed by atoms with E-state index < -0.39 is 0 Å². The van der Waals surface area contributed by atoms with E-state index in [1.54, 1.807) is 19.5 Å². The summed E-state index contributed by atoms with van der Waals surface area (Å²) in [6, 6.07) is 17.9. The molecular weight excluding hydrogens is 460 g/mol. The van der Waals surface area contributed by atoms with Crippen molar-refractivity contribution in [2.24, 2.45) is 0 Å². The van der Waals surface area contributed by atoms with Gasteiger partial charge in [-0.15, -0.1) is 11.3 Å². The minimum absolute atomic E-state index is 0.113. The van der Waals surface area contributed by atoms with Gasteiger partial charge in [0.05, 0.1) is 19.0 Å². The summed E-state index contributed by atoms with van der Waals surface area (Å²) in [5.74, 6) is 1.90. The molecule has 1 aromatic carbocycles. The van der Waals surface area contributed by atoms with Crippen LogP contribution in [-0.2, 0) is 11.3 Å². The zero-order chi connectivity index (χ0) is 24.0. The number of ether oxygens (including phenoxy) is 1. The highest BCUT2D eigenvalue weighted by Crippen LogP contribution is 2.30. The van der Waals surface area contributed by atoms with Gasteiger partial charge in [-0.2, -0.15) is 0 Å². The average Bonchev–Trinajstić information content (AvgIpc) is 3.37. The Morgan fingerprint density at radius 2 is 1.91 bits per heavy atom. The molecule has 9 heteroatoms. The standard InChI is InChI=1S/C26H26N6O2S/c1-34-22-9-8-21(26-27-12-16-35-26)29-25(22)30-23-10-7-20(17-28-23)32-15-14-31(13-11-24(32)33)18-19-5-3-2-4-6-19/h2-10,12,16-17H,11,13-15,18H2,1H3,(H,28,29,30). The van der Waals surface area contributed by atoms with Crippen LogP contribution in [0.2, 0.25) is 0 Å². The molecule has 0 saturated carbocycles. The van der Waals surface area contributed by atoms with E-state index in [0.717, 1.165) is 36.0 Å². The number of thiazole rings is 1. The molecule has 1 aliphatic heterocycles. The third-order valence-corrected chi connectivity index (χ3v) is 6.66. The van der Waals surface area contributed by atoms with Gasteiger partial charge in [-0.25, -0.2) is 15.0 Å². The summed E-state index contributed by atoms with van der Waals surface area (Å²) in [4.78, 5) is 30.5.